The SMILES string of the molecule is CCCC(C)Nc1ccc(N)c(C)n1. The van der Waals surface area contributed by atoms with E-state index in [2.05, 4.69) is 24.1 Å². The molecule has 1 heterocycles. The Bertz CT molecular complexity index is 297. The van der Waals surface area contributed by atoms with Crippen LogP contribution < -0.4 is 11.1 Å². The molecule has 0 bridgehead atoms. The number of pyridine rings is 1. The first-order valence-electron chi connectivity index (χ1n) is 5.13. The quantitative estimate of drug-likeness (QED) is 0.772. The maximum absolute atomic E-state index is 5.69. The summed E-state index contributed by atoms with van der Waals surface area (Å²) in [5.74, 6) is 0.914. The van der Waals surface area contributed by atoms with Gasteiger partial charge in [0.15, 0.2) is 0 Å². The Morgan fingerprint density at radius 1 is 1.50 bits per heavy atom. The Balaban J connectivity index is 2.63. The van der Waals surface area contributed by atoms with E-state index in [1.165, 1.54) is 6.42 Å². The van der Waals surface area contributed by atoms with Crippen molar-refractivity contribution in [2.24, 2.45) is 0 Å². The van der Waals surface area contributed by atoms with Crippen molar-refractivity contribution in [3.63, 3.8) is 0 Å². The molecule has 0 aliphatic rings. The fraction of sp³-hybridized carbons (Fsp3) is 0.545. The van der Waals surface area contributed by atoms with Crippen molar-refractivity contribution < 1.29 is 0 Å². The van der Waals surface area contributed by atoms with Gasteiger partial charge in [-0.3, -0.25) is 0 Å². The summed E-state index contributed by atoms with van der Waals surface area (Å²) in [7, 11) is 0. The standard InChI is InChI=1S/C11H19N3/c1-4-5-8(2)13-11-7-6-10(12)9(3)14-11/h6-8H,4-5,12H2,1-3H3,(H,13,14). The predicted molar refractivity (Wildman–Crippen MR) is 61.4 cm³/mol. The number of nitrogens with one attached hydrogen (secondary N) is 1. The average molecular weight is 193 g/mol. The van der Waals surface area contributed by atoms with Crippen LogP contribution in [0.1, 0.15) is 32.4 Å². The van der Waals surface area contributed by atoms with E-state index in [-0.39, 0.29) is 0 Å². The minimum Gasteiger partial charge on any atom is -0.397 e. The minimum absolute atomic E-state index is 0.468. The molecule has 14 heavy (non-hydrogen) atoms. The molecule has 1 atom stereocenters. The molecule has 1 aromatic rings. The minimum atomic E-state index is 0.468. The predicted octanol–water partition coefficient (Wildman–Crippen LogP) is 2.57. The smallest absolute Gasteiger partial charge is 0.126 e. The number of hydrogen-bond acceptors (Lipinski definition) is 3. The van der Waals surface area contributed by atoms with Crippen LogP contribution in [0, 0.1) is 6.92 Å². The van der Waals surface area contributed by atoms with Crippen molar-refractivity contribution in [3.05, 3.63) is 17.8 Å². The topological polar surface area (TPSA) is 50.9 Å². The summed E-state index contributed by atoms with van der Waals surface area (Å²) in [6.07, 6.45) is 2.34. The fourth-order valence-corrected chi connectivity index (χ4v) is 1.41. The normalized spacial score (nSPS) is 12.5. The summed E-state index contributed by atoms with van der Waals surface area (Å²) in [5.41, 5.74) is 7.32. The largest absolute Gasteiger partial charge is 0.397 e. The van der Waals surface area contributed by atoms with E-state index in [0.717, 1.165) is 23.6 Å². The third-order valence-electron chi connectivity index (χ3n) is 2.24. The number of rotatable bonds is 4. The third-order valence-corrected chi connectivity index (χ3v) is 2.24. The van der Waals surface area contributed by atoms with Gasteiger partial charge in [-0.25, -0.2) is 4.98 Å². The van der Waals surface area contributed by atoms with Gasteiger partial charge in [-0.2, -0.15) is 0 Å². The van der Waals surface area contributed by atoms with E-state index in [0.29, 0.717) is 6.04 Å². The van der Waals surface area contributed by atoms with Crippen molar-refractivity contribution >= 4 is 11.5 Å². The third kappa shape index (κ3) is 2.91. The van der Waals surface area contributed by atoms with E-state index in [1.54, 1.807) is 0 Å². The van der Waals surface area contributed by atoms with Gasteiger partial charge >= 0.3 is 0 Å². The van der Waals surface area contributed by atoms with Crippen molar-refractivity contribution in [2.75, 3.05) is 11.1 Å². The lowest BCUT2D eigenvalue weighted by Crippen LogP contribution is -2.15. The molecule has 0 aromatic carbocycles. The molecule has 0 radical (unpaired) electrons. The Morgan fingerprint density at radius 3 is 2.79 bits per heavy atom. The number of aryl methyl sites for hydroxylation is 1. The summed E-state index contributed by atoms with van der Waals surface area (Å²) < 4.78 is 0. The van der Waals surface area contributed by atoms with Crippen LogP contribution in [-0.2, 0) is 0 Å². The fourth-order valence-electron chi connectivity index (χ4n) is 1.41. The molecule has 78 valence electrons. The number of aromatic nitrogens is 1. The zero-order chi connectivity index (χ0) is 10.6. The number of hydrogen-bond donors (Lipinski definition) is 2. The monoisotopic (exact) mass is 193 g/mol. The van der Waals surface area contributed by atoms with Gasteiger partial charge in [0.2, 0.25) is 0 Å². The average Bonchev–Trinajstić information content (AvgIpc) is 2.12. The van der Waals surface area contributed by atoms with Crippen LogP contribution >= 0.6 is 0 Å². The molecule has 0 saturated carbocycles. The van der Waals surface area contributed by atoms with Gasteiger partial charge in [-0.05, 0) is 32.4 Å². The maximum atomic E-state index is 5.69. The molecule has 0 aliphatic heterocycles. The summed E-state index contributed by atoms with van der Waals surface area (Å²) in [6, 6.07) is 4.29. The van der Waals surface area contributed by atoms with Crippen molar-refractivity contribution in [1.82, 2.24) is 4.98 Å². The molecule has 3 heteroatoms. The van der Waals surface area contributed by atoms with Crippen LogP contribution in [0.3, 0.4) is 0 Å². The lowest BCUT2D eigenvalue weighted by molar-refractivity contribution is 0.687. The molecule has 1 rings (SSSR count). The van der Waals surface area contributed by atoms with Crippen LogP contribution in [0.15, 0.2) is 12.1 Å². The van der Waals surface area contributed by atoms with Gasteiger partial charge < -0.3 is 11.1 Å². The van der Waals surface area contributed by atoms with Gasteiger partial charge in [0.25, 0.3) is 0 Å². The molecule has 0 aliphatic carbocycles. The highest BCUT2D eigenvalue weighted by molar-refractivity contribution is 5.49. The summed E-state index contributed by atoms with van der Waals surface area (Å²) in [6.45, 7) is 6.27. The first-order valence-corrected chi connectivity index (χ1v) is 5.13. The van der Waals surface area contributed by atoms with Crippen LogP contribution in [-0.4, -0.2) is 11.0 Å². The zero-order valence-corrected chi connectivity index (χ0v) is 9.17. The number of nitrogens with two attached hydrogens (primary N) is 1. The molecule has 1 aromatic heterocycles. The van der Waals surface area contributed by atoms with E-state index < -0.39 is 0 Å². The van der Waals surface area contributed by atoms with E-state index >= 15 is 0 Å². The Hall–Kier alpha value is -1.25. The highest BCUT2D eigenvalue weighted by Crippen LogP contribution is 2.13. The molecule has 3 nitrogen and oxygen atoms in total. The first-order chi connectivity index (χ1) is 6.63. The summed E-state index contributed by atoms with van der Waals surface area (Å²) in [5, 5.41) is 3.34. The van der Waals surface area contributed by atoms with Gasteiger partial charge in [-0.1, -0.05) is 13.3 Å². The van der Waals surface area contributed by atoms with Crippen LogP contribution in [0.4, 0.5) is 11.5 Å². The van der Waals surface area contributed by atoms with Crippen molar-refractivity contribution in [1.29, 1.82) is 0 Å². The van der Waals surface area contributed by atoms with Gasteiger partial charge in [0.1, 0.15) is 5.82 Å². The zero-order valence-electron chi connectivity index (χ0n) is 9.17. The van der Waals surface area contributed by atoms with Crippen molar-refractivity contribution in [3.8, 4) is 0 Å². The second-order valence-electron chi connectivity index (χ2n) is 3.71. The highest BCUT2D eigenvalue weighted by Gasteiger charge is 2.02. The molecule has 0 saturated heterocycles. The van der Waals surface area contributed by atoms with Gasteiger partial charge in [-0.15, -0.1) is 0 Å². The van der Waals surface area contributed by atoms with Gasteiger partial charge in [0.05, 0.1) is 11.4 Å². The number of anilines is 2. The molecule has 3 N–H and O–H groups in total. The number of nitrogen functional groups attached to an aromatic ring is 1. The first kappa shape index (κ1) is 10.8. The lowest BCUT2D eigenvalue weighted by Gasteiger charge is -2.14. The summed E-state index contributed by atoms with van der Waals surface area (Å²) in [4.78, 5) is 4.36. The molecular formula is C11H19N3. The van der Waals surface area contributed by atoms with Crippen LogP contribution in [0.5, 0.6) is 0 Å². The Morgan fingerprint density at radius 2 is 2.21 bits per heavy atom. The van der Waals surface area contributed by atoms with Crippen LogP contribution in [0.2, 0.25) is 0 Å². The lowest BCUT2D eigenvalue weighted by atomic mass is 10.2. The molecule has 1 unspecified atom stereocenters. The molecule has 0 amide bonds. The molecule has 0 spiro atoms. The molecular weight excluding hydrogens is 174 g/mol. The highest BCUT2D eigenvalue weighted by atomic mass is 15.0. The second-order valence-corrected chi connectivity index (χ2v) is 3.71. The Kier molecular flexibility index (Phi) is 3.74. The maximum Gasteiger partial charge on any atom is 0.126 e. The number of nitrogens with zero attached hydrogens (tertiary/aromatic N) is 1. The van der Waals surface area contributed by atoms with Crippen molar-refractivity contribution in [2.45, 2.75) is 39.7 Å². The van der Waals surface area contributed by atoms with E-state index in [9.17, 15) is 0 Å². The second kappa shape index (κ2) is 4.84. The summed E-state index contributed by atoms with van der Waals surface area (Å²) >= 11 is 0. The van der Waals surface area contributed by atoms with Crippen LogP contribution in [0.25, 0.3) is 0 Å². The van der Waals surface area contributed by atoms with Gasteiger partial charge in [0, 0.05) is 6.04 Å². The van der Waals surface area contributed by atoms with E-state index in [4.69, 9.17) is 5.73 Å². The van der Waals surface area contributed by atoms with E-state index in [1.807, 2.05) is 19.1 Å². The molecule has 0 fully saturated rings. The Labute approximate surface area is 85.7 Å².